The molecule has 2 heterocycles. The zero-order valence-electron chi connectivity index (χ0n) is 16.3. The van der Waals surface area contributed by atoms with Crippen LogP contribution in [0.25, 0.3) is 0 Å². The van der Waals surface area contributed by atoms with Gasteiger partial charge < -0.3 is 23.7 Å². The van der Waals surface area contributed by atoms with E-state index < -0.39 is 63.3 Å². The van der Waals surface area contributed by atoms with Gasteiger partial charge in [0.25, 0.3) is 0 Å². The number of ether oxygens (including phenoxy) is 1. The van der Waals surface area contributed by atoms with Crippen LogP contribution >= 0.6 is 7.60 Å². The van der Waals surface area contributed by atoms with Crippen LogP contribution in [0.3, 0.4) is 0 Å². The SMILES string of the molecule is B[C@@H]1O[C@@]2(COP(=O)(OCC)C(F)(F)C2)C(O)[C@@H]1CC(C)(C)[Si](C)(C)O. The molecule has 0 amide bonds. The van der Waals surface area contributed by atoms with Crippen LogP contribution in [-0.2, 0) is 18.3 Å². The summed E-state index contributed by atoms with van der Waals surface area (Å²) in [5, 5.41) is 10.4. The first kappa shape index (κ1) is 22.5. The molecule has 2 aliphatic rings. The minimum atomic E-state index is -4.59. The average Bonchev–Trinajstić information content (AvgIpc) is 2.67. The van der Waals surface area contributed by atoms with E-state index in [9.17, 15) is 23.2 Å². The Morgan fingerprint density at radius 2 is 2.00 bits per heavy atom. The molecule has 2 rings (SSSR count). The first-order valence-corrected chi connectivity index (χ1v) is 13.5. The molecule has 152 valence electrons. The smallest absolute Gasteiger partial charge is 0.399 e. The molecule has 1 spiro atoms. The third-order valence-electron chi connectivity index (χ3n) is 6.06. The maximum absolute atomic E-state index is 14.6. The molecule has 2 N–H and O–H groups in total. The van der Waals surface area contributed by atoms with Crippen LogP contribution < -0.4 is 0 Å². The highest BCUT2D eigenvalue weighted by molar-refractivity contribution is 7.55. The van der Waals surface area contributed by atoms with Gasteiger partial charge in [0.2, 0.25) is 0 Å². The Bertz CT molecular complexity index is 587. The third-order valence-corrected chi connectivity index (χ3v) is 11.6. The highest BCUT2D eigenvalue weighted by Gasteiger charge is 2.68. The van der Waals surface area contributed by atoms with Crippen molar-refractivity contribution in [3.63, 3.8) is 0 Å². The van der Waals surface area contributed by atoms with Gasteiger partial charge in [0, 0.05) is 11.9 Å². The lowest BCUT2D eigenvalue weighted by molar-refractivity contribution is -0.157. The van der Waals surface area contributed by atoms with Crippen LogP contribution in [0.2, 0.25) is 18.1 Å². The quantitative estimate of drug-likeness (QED) is 0.531. The highest BCUT2D eigenvalue weighted by Crippen LogP contribution is 2.69. The molecule has 0 saturated carbocycles. The first-order valence-electron chi connectivity index (χ1n) is 8.96. The molecule has 2 saturated heterocycles. The van der Waals surface area contributed by atoms with E-state index in [0.29, 0.717) is 6.42 Å². The Balaban J connectivity index is 2.25. The Morgan fingerprint density at radius 1 is 1.42 bits per heavy atom. The first-order chi connectivity index (χ1) is 11.6. The van der Waals surface area contributed by atoms with E-state index in [1.165, 1.54) is 6.92 Å². The van der Waals surface area contributed by atoms with Crippen LogP contribution in [0.4, 0.5) is 8.78 Å². The molecule has 6 nitrogen and oxygen atoms in total. The van der Waals surface area contributed by atoms with Gasteiger partial charge in [0.15, 0.2) is 8.32 Å². The van der Waals surface area contributed by atoms with Crippen molar-refractivity contribution in [3.05, 3.63) is 0 Å². The summed E-state index contributed by atoms with van der Waals surface area (Å²) in [6.45, 7) is 8.34. The van der Waals surface area contributed by atoms with Gasteiger partial charge in [-0.05, 0) is 31.5 Å². The second-order valence-corrected chi connectivity index (χ2v) is 15.3. The second kappa shape index (κ2) is 6.90. The van der Waals surface area contributed by atoms with Crippen molar-refractivity contribution in [3.8, 4) is 0 Å². The molecule has 2 aliphatic heterocycles. The molecule has 0 aliphatic carbocycles. The Kier molecular flexibility index (Phi) is 5.96. The van der Waals surface area contributed by atoms with E-state index in [1.54, 1.807) is 7.85 Å². The number of alkyl halides is 2. The van der Waals surface area contributed by atoms with Crippen LogP contribution in [0.15, 0.2) is 0 Å². The van der Waals surface area contributed by atoms with Gasteiger partial charge in [-0.1, -0.05) is 13.8 Å². The highest BCUT2D eigenvalue weighted by atomic mass is 31.2. The molecular weight excluding hydrogens is 384 g/mol. The van der Waals surface area contributed by atoms with E-state index in [-0.39, 0.29) is 6.61 Å². The molecule has 0 bridgehead atoms. The zero-order valence-corrected chi connectivity index (χ0v) is 18.2. The van der Waals surface area contributed by atoms with Gasteiger partial charge in [-0.2, -0.15) is 8.78 Å². The molecule has 0 aromatic rings. The van der Waals surface area contributed by atoms with Gasteiger partial charge in [0.1, 0.15) is 13.4 Å². The average molecular weight is 414 g/mol. The van der Waals surface area contributed by atoms with E-state index in [2.05, 4.69) is 0 Å². The summed E-state index contributed by atoms with van der Waals surface area (Å²) in [7, 11) is -5.41. The molecular formula is C15H30BF2O6PSi. The number of aliphatic hydroxyl groups excluding tert-OH is 1. The largest absolute Gasteiger partial charge is 0.432 e. The lowest BCUT2D eigenvalue weighted by Crippen LogP contribution is -2.53. The molecule has 0 aromatic carbocycles. The fraction of sp³-hybridized carbons (Fsp3) is 1.00. The summed E-state index contributed by atoms with van der Waals surface area (Å²) in [6, 6.07) is -0.496. The number of rotatable bonds is 5. The summed E-state index contributed by atoms with van der Waals surface area (Å²) in [5.41, 5.74) is -5.37. The lowest BCUT2D eigenvalue weighted by Gasteiger charge is -2.43. The maximum atomic E-state index is 14.6. The Hall–Kier alpha value is 0.172. The van der Waals surface area contributed by atoms with Gasteiger partial charge in [-0.25, -0.2) is 0 Å². The van der Waals surface area contributed by atoms with Crippen molar-refractivity contribution in [2.45, 2.75) is 75.1 Å². The molecule has 5 atom stereocenters. The number of halogens is 2. The van der Waals surface area contributed by atoms with E-state index >= 15 is 0 Å². The number of hydrogen-bond donors (Lipinski definition) is 2. The monoisotopic (exact) mass is 414 g/mol. The van der Waals surface area contributed by atoms with Crippen molar-refractivity contribution >= 4 is 23.8 Å². The fourth-order valence-corrected chi connectivity index (χ4v) is 6.03. The van der Waals surface area contributed by atoms with Gasteiger partial charge in [0.05, 0.1) is 25.7 Å². The van der Waals surface area contributed by atoms with Crippen LogP contribution in [0.5, 0.6) is 0 Å². The number of hydrogen-bond acceptors (Lipinski definition) is 6. The summed E-state index contributed by atoms with van der Waals surface area (Å²) < 4.78 is 56.9. The lowest BCUT2D eigenvalue weighted by atomic mass is 9.76. The molecule has 0 radical (unpaired) electrons. The third kappa shape index (κ3) is 3.71. The van der Waals surface area contributed by atoms with Crippen LogP contribution in [0, 0.1) is 5.92 Å². The molecule has 2 unspecified atom stereocenters. The predicted octanol–water partition coefficient (Wildman–Crippen LogP) is 2.30. The van der Waals surface area contributed by atoms with Crippen molar-refractivity contribution in [2.75, 3.05) is 13.2 Å². The molecule has 2 fully saturated rings. The summed E-state index contributed by atoms with van der Waals surface area (Å²) in [4.78, 5) is 10.5. The maximum Gasteiger partial charge on any atom is 0.399 e. The molecule has 0 aromatic heterocycles. The molecule has 26 heavy (non-hydrogen) atoms. The van der Waals surface area contributed by atoms with Crippen molar-refractivity contribution in [2.24, 2.45) is 5.92 Å². The van der Waals surface area contributed by atoms with E-state index in [0.717, 1.165) is 0 Å². The van der Waals surface area contributed by atoms with Gasteiger partial charge in [-0.3, -0.25) is 4.57 Å². The minimum Gasteiger partial charge on any atom is -0.432 e. The van der Waals surface area contributed by atoms with E-state index in [4.69, 9.17) is 13.8 Å². The summed E-state index contributed by atoms with van der Waals surface area (Å²) >= 11 is 0. The normalized spacial score (nSPS) is 40.9. The van der Waals surface area contributed by atoms with Crippen molar-refractivity contribution in [1.29, 1.82) is 0 Å². The van der Waals surface area contributed by atoms with Crippen LogP contribution in [-0.4, -0.2) is 62.7 Å². The standard InChI is InChI=1S/C15H30BF2O6PSi/c1-6-22-25(20)15(17,18)8-14(9-23-25)11(19)10(12(16)24-14)7-13(2,3)26(4,5)21/h10-12,19,21H,6-9,16H2,1-5H3/t10-,11?,12+,14-,25?/m0/s1. The second-order valence-electron chi connectivity index (χ2n) is 8.67. The summed E-state index contributed by atoms with van der Waals surface area (Å²) in [6.07, 6.45) is -1.70. The number of aliphatic hydroxyl groups is 1. The fourth-order valence-electron chi connectivity index (χ4n) is 3.65. The van der Waals surface area contributed by atoms with Crippen LogP contribution in [0.1, 0.15) is 33.6 Å². The van der Waals surface area contributed by atoms with Gasteiger partial charge in [-0.15, -0.1) is 0 Å². The minimum absolute atomic E-state index is 0.160. The predicted molar refractivity (Wildman–Crippen MR) is 98.8 cm³/mol. The zero-order chi connectivity index (χ0) is 20.2. The van der Waals surface area contributed by atoms with E-state index in [1.807, 2.05) is 26.9 Å². The van der Waals surface area contributed by atoms with Gasteiger partial charge >= 0.3 is 13.3 Å². The van der Waals surface area contributed by atoms with Crippen molar-refractivity contribution in [1.82, 2.24) is 0 Å². The molecule has 11 heteroatoms. The summed E-state index contributed by atoms with van der Waals surface area (Å²) in [5.74, 6) is -0.437. The van der Waals surface area contributed by atoms with Crippen molar-refractivity contribution < 1.29 is 37.0 Å². The topological polar surface area (TPSA) is 85.2 Å². The Morgan fingerprint density at radius 3 is 2.46 bits per heavy atom. The Labute approximate surface area is 155 Å².